The highest BCUT2D eigenvalue weighted by Gasteiger charge is 2.22. The van der Waals surface area contributed by atoms with Crippen molar-refractivity contribution in [2.45, 2.75) is 38.5 Å². The molecule has 0 atom stereocenters. The van der Waals surface area contributed by atoms with Gasteiger partial charge >= 0.3 is 5.97 Å². The average molecular weight is 500 g/mol. The number of nitrogens with one attached hydrogen (secondary N) is 1. The first-order valence-corrected chi connectivity index (χ1v) is 12.8. The molecule has 7 nitrogen and oxygen atoms in total. The zero-order valence-corrected chi connectivity index (χ0v) is 21.2. The molecule has 0 saturated heterocycles. The van der Waals surface area contributed by atoms with E-state index in [-0.39, 0.29) is 18.0 Å². The van der Waals surface area contributed by atoms with Gasteiger partial charge in [0.2, 0.25) is 10.0 Å². The van der Waals surface area contributed by atoms with Crippen molar-refractivity contribution in [1.29, 1.82) is 5.26 Å². The van der Waals surface area contributed by atoms with Gasteiger partial charge in [-0.25, -0.2) is 22.3 Å². The Morgan fingerprint density at radius 1 is 1.14 bits per heavy atom. The van der Waals surface area contributed by atoms with Crippen LogP contribution in [0, 0.1) is 17.1 Å². The van der Waals surface area contributed by atoms with Gasteiger partial charge in [0.1, 0.15) is 17.6 Å². The molecule has 35 heavy (non-hydrogen) atoms. The molecule has 1 aromatic heterocycles. The second-order valence-corrected chi connectivity index (χ2v) is 9.49. The number of halogens is 1. The SMILES string of the molecule is CCC.CCOC(=O)c1c(-c2ccc(CCNS(=O)(=O)c3cccc(F)c3)cc2)c(C#N)cn1C. The smallest absolute Gasteiger partial charge is 0.355 e. The number of aryl methyl sites for hydroxylation is 1. The minimum atomic E-state index is -3.81. The van der Waals surface area contributed by atoms with Crippen molar-refractivity contribution in [2.24, 2.45) is 7.05 Å². The van der Waals surface area contributed by atoms with Crippen molar-refractivity contribution in [2.75, 3.05) is 13.2 Å². The van der Waals surface area contributed by atoms with Gasteiger partial charge in [0, 0.05) is 25.4 Å². The van der Waals surface area contributed by atoms with Gasteiger partial charge in [-0.2, -0.15) is 5.26 Å². The van der Waals surface area contributed by atoms with Crippen LogP contribution in [0.3, 0.4) is 0 Å². The Balaban J connectivity index is 0.00000137. The molecule has 3 aromatic rings. The van der Waals surface area contributed by atoms with Crippen molar-refractivity contribution < 1.29 is 22.3 Å². The van der Waals surface area contributed by atoms with Crippen molar-refractivity contribution >= 4 is 16.0 Å². The Morgan fingerprint density at radius 3 is 2.37 bits per heavy atom. The summed E-state index contributed by atoms with van der Waals surface area (Å²) in [6.07, 6.45) is 3.23. The lowest BCUT2D eigenvalue weighted by Gasteiger charge is -2.09. The molecule has 0 radical (unpaired) electrons. The maximum atomic E-state index is 13.3. The van der Waals surface area contributed by atoms with Gasteiger partial charge < -0.3 is 9.30 Å². The lowest BCUT2D eigenvalue weighted by Crippen LogP contribution is -2.26. The third kappa shape index (κ3) is 7.25. The van der Waals surface area contributed by atoms with Crippen molar-refractivity contribution in [1.82, 2.24) is 9.29 Å². The van der Waals surface area contributed by atoms with Gasteiger partial charge in [-0.1, -0.05) is 50.6 Å². The number of carbonyl (C=O) groups is 1. The number of aromatic nitrogens is 1. The molecule has 186 valence electrons. The maximum Gasteiger partial charge on any atom is 0.355 e. The molecule has 2 aromatic carbocycles. The number of benzene rings is 2. The fourth-order valence-corrected chi connectivity index (χ4v) is 4.40. The highest BCUT2D eigenvalue weighted by atomic mass is 32.2. The van der Waals surface area contributed by atoms with Gasteiger partial charge in [-0.05, 0) is 42.7 Å². The van der Waals surface area contributed by atoms with E-state index in [2.05, 4.69) is 24.6 Å². The first-order valence-electron chi connectivity index (χ1n) is 11.3. The summed E-state index contributed by atoms with van der Waals surface area (Å²) in [5, 5.41) is 9.48. The van der Waals surface area contributed by atoms with E-state index in [1.165, 1.54) is 24.6 Å². The normalized spacial score (nSPS) is 10.7. The molecule has 1 N–H and O–H groups in total. The minimum absolute atomic E-state index is 0.126. The van der Waals surface area contributed by atoms with Crippen molar-refractivity contribution in [3.8, 4) is 17.2 Å². The van der Waals surface area contributed by atoms with Crippen LogP contribution < -0.4 is 4.72 Å². The molecule has 0 spiro atoms. The van der Waals surface area contributed by atoms with Gasteiger partial charge in [-0.15, -0.1) is 0 Å². The summed E-state index contributed by atoms with van der Waals surface area (Å²) in [4.78, 5) is 12.3. The second-order valence-electron chi connectivity index (χ2n) is 7.72. The largest absolute Gasteiger partial charge is 0.461 e. The summed E-state index contributed by atoms with van der Waals surface area (Å²) >= 11 is 0. The Hall–Kier alpha value is -3.48. The van der Waals surface area contributed by atoms with Gasteiger partial charge in [0.05, 0.1) is 17.1 Å². The fourth-order valence-electron chi connectivity index (χ4n) is 3.33. The maximum absolute atomic E-state index is 13.3. The number of hydrogen-bond acceptors (Lipinski definition) is 5. The Kier molecular flexibility index (Phi) is 10.2. The number of nitrogens with zero attached hydrogens (tertiary/aromatic N) is 2. The second kappa shape index (κ2) is 12.8. The monoisotopic (exact) mass is 499 g/mol. The average Bonchev–Trinajstić information content (AvgIpc) is 3.16. The van der Waals surface area contributed by atoms with Gasteiger partial charge in [-0.3, -0.25) is 0 Å². The Labute approximate surface area is 206 Å². The van der Waals surface area contributed by atoms with Crippen LogP contribution in [-0.4, -0.2) is 32.1 Å². The first kappa shape index (κ1) is 27.8. The van der Waals surface area contributed by atoms with E-state index in [9.17, 15) is 22.9 Å². The molecule has 9 heteroatoms. The van der Waals surface area contributed by atoms with Crippen LogP contribution in [0.15, 0.2) is 59.6 Å². The lowest BCUT2D eigenvalue weighted by molar-refractivity contribution is 0.0516. The molecule has 0 bridgehead atoms. The molecule has 0 saturated carbocycles. The van der Waals surface area contributed by atoms with Crippen LogP contribution >= 0.6 is 0 Å². The highest BCUT2D eigenvalue weighted by Crippen LogP contribution is 2.30. The molecule has 0 fully saturated rings. The van der Waals surface area contributed by atoms with E-state index in [4.69, 9.17) is 4.74 Å². The number of rotatable bonds is 8. The van der Waals surface area contributed by atoms with E-state index in [1.54, 1.807) is 49.0 Å². The van der Waals surface area contributed by atoms with Crippen molar-refractivity contribution in [3.63, 3.8) is 0 Å². The fraction of sp³-hybridized carbons (Fsp3) is 0.308. The molecule has 3 rings (SSSR count). The van der Waals surface area contributed by atoms with Crippen LogP contribution in [0.4, 0.5) is 4.39 Å². The van der Waals surface area contributed by atoms with Gasteiger partial charge in [0.25, 0.3) is 0 Å². The number of sulfonamides is 1. The summed E-state index contributed by atoms with van der Waals surface area (Å²) in [5.41, 5.74) is 2.66. The number of hydrogen-bond donors (Lipinski definition) is 1. The Bertz CT molecular complexity index is 1290. The summed E-state index contributed by atoms with van der Waals surface area (Å²) in [6.45, 7) is 6.31. The minimum Gasteiger partial charge on any atom is -0.461 e. The van der Waals surface area contributed by atoms with E-state index in [0.29, 0.717) is 28.8 Å². The molecule has 0 amide bonds. The number of nitriles is 1. The molecule has 0 unspecified atom stereocenters. The lowest BCUT2D eigenvalue weighted by atomic mass is 10.00. The zero-order valence-electron chi connectivity index (χ0n) is 20.3. The Morgan fingerprint density at radius 2 is 1.80 bits per heavy atom. The quantitative estimate of drug-likeness (QED) is 0.448. The first-order chi connectivity index (χ1) is 16.7. The van der Waals surface area contributed by atoms with E-state index < -0.39 is 21.8 Å². The number of carbonyl (C=O) groups excluding carboxylic acids is 1. The summed E-state index contributed by atoms with van der Waals surface area (Å²) in [6, 6.07) is 14.1. The van der Waals surface area contributed by atoms with E-state index in [0.717, 1.165) is 11.6 Å². The molecular weight excluding hydrogens is 469 g/mol. The van der Waals surface area contributed by atoms with Crippen LogP contribution in [0.5, 0.6) is 0 Å². The molecule has 1 heterocycles. The molecule has 0 aliphatic rings. The van der Waals surface area contributed by atoms with Crippen molar-refractivity contribution in [3.05, 3.63) is 77.4 Å². The summed E-state index contributed by atoms with van der Waals surface area (Å²) in [5.74, 6) is -1.13. The third-order valence-electron chi connectivity index (χ3n) is 4.83. The number of esters is 1. The third-order valence-corrected chi connectivity index (χ3v) is 6.28. The van der Waals surface area contributed by atoms with Crippen LogP contribution in [0.1, 0.15) is 48.8 Å². The van der Waals surface area contributed by atoms with Gasteiger partial charge in [0.15, 0.2) is 0 Å². The van der Waals surface area contributed by atoms with Crippen LogP contribution in [-0.2, 0) is 28.2 Å². The number of ether oxygens (including phenoxy) is 1. The van der Waals surface area contributed by atoms with Crippen LogP contribution in [0.2, 0.25) is 0 Å². The predicted octanol–water partition coefficient (Wildman–Crippen LogP) is 4.82. The standard InChI is InChI=1S/C23H22FN3O4S.C3H8/c1-3-31-23(28)22-21(18(14-25)15-27(22)2)17-9-7-16(8-10-17)11-12-26-32(29,30)20-6-4-5-19(24)13-20;1-3-2/h4-10,13,15,26H,3,11-12H2,1-2H3;3H2,1-2H3. The summed E-state index contributed by atoms with van der Waals surface area (Å²) < 4.78 is 47.0. The zero-order chi connectivity index (χ0) is 26.0. The molecule has 0 aliphatic heterocycles. The molecule has 0 aliphatic carbocycles. The molecular formula is C26H30FN3O4S. The topological polar surface area (TPSA) is 101 Å². The highest BCUT2D eigenvalue weighted by molar-refractivity contribution is 7.89. The van der Waals surface area contributed by atoms with E-state index in [1.807, 2.05) is 0 Å². The predicted molar refractivity (Wildman–Crippen MR) is 133 cm³/mol. The van der Waals surface area contributed by atoms with E-state index >= 15 is 0 Å². The summed E-state index contributed by atoms with van der Waals surface area (Å²) in [7, 11) is -2.13. The van der Waals surface area contributed by atoms with Crippen LogP contribution in [0.25, 0.3) is 11.1 Å².